The molecular formula is C22H19FINO2S. The van der Waals surface area contributed by atoms with Gasteiger partial charge in [-0.2, -0.15) is 0 Å². The number of alkyl halides is 1. The summed E-state index contributed by atoms with van der Waals surface area (Å²) >= 11 is 3.80. The molecule has 1 heterocycles. The first kappa shape index (κ1) is 20.8. The summed E-state index contributed by atoms with van der Waals surface area (Å²) in [4.78, 5) is 4.50. The summed E-state index contributed by atoms with van der Waals surface area (Å²) < 4.78 is 25.5. The molecule has 3 aromatic rings. The molecule has 1 atom stereocenters. The van der Waals surface area contributed by atoms with Crippen molar-refractivity contribution in [2.75, 3.05) is 11.2 Å². The summed E-state index contributed by atoms with van der Waals surface area (Å²) in [5.74, 6) is 6.37. The van der Waals surface area contributed by atoms with Crippen LogP contribution in [0.3, 0.4) is 0 Å². The van der Waals surface area contributed by atoms with Crippen LogP contribution in [-0.4, -0.2) is 16.2 Å². The number of halogens is 2. The SMILES string of the molecule is CCC(OCI)(c1cccc(OCC#Cc2ccc(F)cc2)c1)c1nccs1. The van der Waals surface area contributed by atoms with Gasteiger partial charge in [-0.25, -0.2) is 9.37 Å². The lowest BCUT2D eigenvalue weighted by Gasteiger charge is -2.31. The summed E-state index contributed by atoms with van der Waals surface area (Å²) in [5, 5.41) is 2.89. The van der Waals surface area contributed by atoms with Crippen LogP contribution in [0.4, 0.5) is 4.39 Å². The minimum absolute atomic E-state index is 0.240. The summed E-state index contributed by atoms with van der Waals surface area (Å²) in [5.41, 5.74) is 1.17. The van der Waals surface area contributed by atoms with Crippen molar-refractivity contribution < 1.29 is 13.9 Å². The number of aromatic nitrogens is 1. The summed E-state index contributed by atoms with van der Waals surface area (Å²) in [7, 11) is 0. The van der Waals surface area contributed by atoms with E-state index < -0.39 is 5.60 Å². The molecule has 0 saturated heterocycles. The van der Waals surface area contributed by atoms with E-state index in [1.807, 2.05) is 29.6 Å². The van der Waals surface area contributed by atoms with E-state index in [1.54, 1.807) is 29.7 Å². The van der Waals surface area contributed by atoms with Crippen LogP contribution in [0.15, 0.2) is 60.1 Å². The molecule has 0 spiro atoms. The van der Waals surface area contributed by atoms with Crippen LogP contribution in [0.5, 0.6) is 5.75 Å². The molecule has 0 N–H and O–H groups in total. The van der Waals surface area contributed by atoms with Crippen molar-refractivity contribution in [1.29, 1.82) is 0 Å². The Balaban J connectivity index is 1.76. The van der Waals surface area contributed by atoms with Crippen molar-refractivity contribution >= 4 is 33.9 Å². The standard InChI is InChI=1S/C22H19FINO2S/c1-2-22(27-16-24,21-25-12-14-28-21)18-6-3-7-20(15-18)26-13-4-5-17-8-10-19(23)11-9-17/h3,6-12,14-15H,2,13,16H2,1H3. The predicted octanol–water partition coefficient (Wildman–Crippen LogP) is 5.78. The molecule has 0 aliphatic rings. The van der Waals surface area contributed by atoms with Crippen molar-refractivity contribution in [3.05, 3.63) is 82.1 Å². The third kappa shape index (κ3) is 4.90. The Labute approximate surface area is 182 Å². The van der Waals surface area contributed by atoms with Crippen LogP contribution in [0, 0.1) is 17.7 Å². The van der Waals surface area contributed by atoms with E-state index in [4.69, 9.17) is 9.47 Å². The first-order valence-corrected chi connectivity index (χ1v) is 11.2. The molecule has 6 heteroatoms. The molecule has 1 unspecified atom stereocenters. The van der Waals surface area contributed by atoms with Gasteiger partial charge in [-0.1, -0.05) is 53.5 Å². The number of thiazole rings is 1. The summed E-state index contributed by atoms with van der Waals surface area (Å²) in [6, 6.07) is 13.9. The van der Waals surface area contributed by atoms with Gasteiger partial charge in [0.05, 0.1) is 4.61 Å². The molecule has 0 radical (unpaired) electrons. The second-order valence-electron chi connectivity index (χ2n) is 5.90. The first-order valence-electron chi connectivity index (χ1n) is 8.75. The normalized spacial score (nSPS) is 12.7. The highest BCUT2D eigenvalue weighted by Crippen LogP contribution is 2.39. The maximum Gasteiger partial charge on any atom is 0.149 e. The highest BCUT2D eigenvalue weighted by molar-refractivity contribution is 14.1. The molecule has 3 nitrogen and oxygen atoms in total. The quantitative estimate of drug-likeness (QED) is 0.231. The van der Waals surface area contributed by atoms with Gasteiger partial charge in [-0.3, -0.25) is 0 Å². The molecule has 0 amide bonds. The molecule has 0 saturated carbocycles. The van der Waals surface area contributed by atoms with Gasteiger partial charge < -0.3 is 9.47 Å². The molecule has 144 valence electrons. The zero-order chi connectivity index (χ0) is 19.8. The smallest absolute Gasteiger partial charge is 0.149 e. The van der Waals surface area contributed by atoms with Crippen LogP contribution in [0.25, 0.3) is 0 Å². The second kappa shape index (κ2) is 10.0. The number of hydrogen-bond donors (Lipinski definition) is 0. The number of hydrogen-bond acceptors (Lipinski definition) is 4. The average molecular weight is 507 g/mol. The predicted molar refractivity (Wildman–Crippen MR) is 118 cm³/mol. The molecule has 3 rings (SSSR count). The largest absolute Gasteiger partial charge is 0.481 e. The zero-order valence-corrected chi connectivity index (χ0v) is 18.3. The van der Waals surface area contributed by atoms with Crippen molar-refractivity contribution in [2.24, 2.45) is 0 Å². The van der Waals surface area contributed by atoms with E-state index >= 15 is 0 Å². The van der Waals surface area contributed by atoms with Crippen LogP contribution >= 0.6 is 33.9 Å². The molecule has 28 heavy (non-hydrogen) atoms. The Hall–Kier alpha value is -1.95. The molecule has 2 aromatic carbocycles. The minimum atomic E-state index is -0.589. The van der Waals surface area contributed by atoms with E-state index in [1.165, 1.54) is 12.1 Å². The maximum atomic E-state index is 12.9. The fourth-order valence-electron chi connectivity index (χ4n) is 2.87. The van der Waals surface area contributed by atoms with Crippen molar-refractivity contribution in [1.82, 2.24) is 4.98 Å². The lowest BCUT2D eigenvalue weighted by Crippen LogP contribution is -2.30. The first-order chi connectivity index (χ1) is 13.7. The molecule has 1 aromatic heterocycles. The van der Waals surface area contributed by atoms with Crippen LogP contribution in [-0.2, 0) is 10.3 Å². The van der Waals surface area contributed by atoms with Crippen LogP contribution < -0.4 is 4.74 Å². The van der Waals surface area contributed by atoms with E-state index in [-0.39, 0.29) is 12.4 Å². The minimum Gasteiger partial charge on any atom is -0.481 e. The van der Waals surface area contributed by atoms with Crippen molar-refractivity contribution in [2.45, 2.75) is 18.9 Å². The molecular weight excluding hydrogens is 488 g/mol. The van der Waals surface area contributed by atoms with E-state index in [2.05, 4.69) is 46.3 Å². The number of rotatable bonds is 7. The lowest BCUT2D eigenvalue weighted by atomic mass is 9.91. The molecule has 0 bridgehead atoms. The average Bonchev–Trinajstić information content (AvgIpc) is 3.26. The number of nitrogens with zero attached hydrogens (tertiary/aromatic N) is 1. The van der Waals surface area contributed by atoms with Crippen molar-refractivity contribution in [3.63, 3.8) is 0 Å². The fraction of sp³-hybridized carbons (Fsp3) is 0.227. The Morgan fingerprint density at radius 2 is 2.04 bits per heavy atom. The molecule has 0 fully saturated rings. The maximum absolute atomic E-state index is 12.9. The monoisotopic (exact) mass is 507 g/mol. The second-order valence-corrected chi connectivity index (χ2v) is 7.41. The van der Waals surface area contributed by atoms with Gasteiger partial charge >= 0.3 is 0 Å². The number of ether oxygens (including phenoxy) is 2. The number of benzene rings is 2. The lowest BCUT2D eigenvalue weighted by molar-refractivity contribution is 0.0131. The van der Waals surface area contributed by atoms with E-state index in [9.17, 15) is 4.39 Å². The van der Waals surface area contributed by atoms with Gasteiger partial charge in [0.25, 0.3) is 0 Å². The Kier molecular flexibility index (Phi) is 7.43. The van der Waals surface area contributed by atoms with Crippen LogP contribution in [0.2, 0.25) is 0 Å². The Bertz CT molecular complexity index is 951. The fourth-order valence-corrected chi connectivity index (χ4v) is 4.29. The Morgan fingerprint density at radius 3 is 2.71 bits per heavy atom. The van der Waals surface area contributed by atoms with E-state index in [0.717, 1.165) is 28.3 Å². The van der Waals surface area contributed by atoms with Gasteiger partial charge in [0.15, 0.2) is 0 Å². The van der Waals surface area contributed by atoms with E-state index in [0.29, 0.717) is 4.61 Å². The topological polar surface area (TPSA) is 31.4 Å². The summed E-state index contributed by atoms with van der Waals surface area (Å²) in [6.07, 6.45) is 2.56. The molecule has 0 aliphatic heterocycles. The third-order valence-corrected chi connectivity index (χ3v) is 5.49. The van der Waals surface area contributed by atoms with Crippen molar-refractivity contribution in [3.8, 4) is 17.6 Å². The van der Waals surface area contributed by atoms with Gasteiger partial charge in [-0.15, -0.1) is 11.3 Å². The third-order valence-electron chi connectivity index (χ3n) is 4.26. The van der Waals surface area contributed by atoms with Gasteiger partial charge in [0, 0.05) is 17.1 Å². The van der Waals surface area contributed by atoms with Gasteiger partial charge in [0.1, 0.15) is 28.8 Å². The Morgan fingerprint density at radius 1 is 1.21 bits per heavy atom. The van der Waals surface area contributed by atoms with Crippen LogP contribution in [0.1, 0.15) is 29.5 Å². The highest BCUT2D eigenvalue weighted by Gasteiger charge is 2.36. The van der Waals surface area contributed by atoms with Gasteiger partial charge in [0.2, 0.25) is 0 Å². The van der Waals surface area contributed by atoms with Gasteiger partial charge in [-0.05, 0) is 48.4 Å². The zero-order valence-electron chi connectivity index (χ0n) is 15.3. The highest BCUT2D eigenvalue weighted by atomic mass is 127. The molecule has 0 aliphatic carbocycles. The summed E-state index contributed by atoms with van der Waals surface area (Å²) in [6.45, 7) is 2.33.